The van der Waals surface area contributed by atoms with E-state index in [1.54, 1.807) is 18.3 Å². The van der Waals surface area contributed by atoms with Gasteiger partial charge in [0.25, 0.3) is 0 Å². The lowest BCUT2D eigenvalue weighted by Crippen LogP contribution is -2.07. The number of rotatable bonds is 2. The van der Waals surface area contributed by atoms with Gasteiger partial charge in [-0.3, -0.25) is 4.79 Å². The Morgan fingerprint density at radius 1 is 1.47 bits per heavy atom. The van der Waals surface area contributed by atoms with Gasteiger partial charge in [-0.25, -0.2) is 0 Å². The highest BCUT2D eigenvalue weighted by Gasteiger charge is 2.17. The molecule has 0 saturated heterocycles. The molecule has 0 amide bonds. The van der Waals surface area contributed by atoms with Crippen LogP contribution in [0.25, 0.3) is 10.1 Å². The fourth-order valence-corrected chi connectivity index (χ4v) is 2.84. The second kappa shape index (κ2) is 3.66. The van der Waals surface area contributed by atoms with E-state index in [2.05, 4.69) is 5.38 Å². The van der Waals surface area contributed by atoms with Crippen molar-refractivity contribution in [3.05, 3.63) is 34.7 Å². The zero-order valence-corrected chi connectivity index (χ0v) is 9.47. The van der Waals surface area contributed by atoms with Crippen molar-refractivity contribution in [1.82, 2.24) is 0 Å². The van der Waals surface area contributed by atoms with Gasteiger partial charge in [0.2, 0.25) is 0 Å². The molecule has 0 fully saturated rings. The Morgan fingerprint density at radius 2 is 2.20 bits per heavy atom. The third-order valence-corrected chi connectivity index (χ3v) is 3.82. The van der Waals surface area contributed by atoms with Crippen LogP contribution in [0.15, 0.2) is 23.6 Å². The third kappa shape index (κ3) is 1.63. The Morgan fingerprint density at radius 3 is 2.87 bits per heavy atom. The molecule has 0 spiro atoms. The molecular weight excluding hydrogens is 208 g/mol. The Bertz CT molecular complexity index is 513. The largest absolute Gasteiger partial charge is 0.481 e. The molecule has 1 N–H and O–H groups in total. The number of hydrogen-bond acceptors (Lipinski definition) is 2. The number of thiophene rings is 1. The fourth-order valence-electron chi connectivity index (χ4n) is 1.68. The van der Waals surface area contributed by atoms with Crippen molar-refractivity contribution in [3.63, 3.8) is 0 Å². The van der Waals surface area contributed by atoms with E-state index in [4.69, 9.17) is 5.11 Å². The minimum atomic E-state index is -0.770. The van der Waals surface area contributed by atoms with Gasteiger partial charge < -0.3 is 5.11 Å². The molecule has 0 aliphatic carbocycles. The van der Waals surface area contributed by atoms with Crippen LogP contribution in [-0.4, -0.2) is 11.1 Å². The predicted molar refractivity (Wildman–Crippen MR) is 62.6 cm³/mol. The maximum atomic E-state index is 11.0. The van der Waals surface area contributed by atoms with E-state index < -0.39 is 11.9 Å². The molecule has 2 rings (SSSR count). The number of benzene rings is 1. The molecule has 0 aliphatic heterocycles. The molecule has 1 atom stereocenters. The lowest BCUT2D eigenvalue weighted by atomic mass is 9.99. The summed E-state index contributed by atoms with van der Waals surface area (Å²) in [5, 5.41) is 12.3. The first-order valence-corrected chi connectivity index (χ1v) is 5.68. The quantitative estimate of drug-likeness (QED) is 0.842. The number of carbonyl (C=O) groups is 1. The molecule has 2 nitrogen and oxygen atoms in total. The lowest BCUT2D eigenvalue weighted by Gasteiger charge is -2.07. The Hall–Kier alpha value is -1.35. The van der Waals surface area contributed by atoms with Gasteiger partial charge in [-0.2, -0.15) is 0 Å². The van der Waals surface area contributed by atoms with Gasteiger partial charge in [-0.05, 0) is 35.7 Å². The van der Waals surface area contributed by atoms with Crippen molar-refractivity contribution in [3.8, 4) is 0 Å². The fraction of sp³-hybridized carbons (Fsp3) is 0.250. The summed E-state index contributed by atoms with van der Waals surface area (Å²) in [7, 11) is 0. The molecule has 1 aromatic carbocycles. The molecule has 15 heavy (non-hydrogen) atoms. The topological polar surface area (TPSA) is 37.3 Å². The summed E-state index contributed by atoms with van der Waals surface area (Å²) in [5.41, 5.74) is 2.13. The summed E-state index contributed by atoms with van der Waals surface area (Å²) in [6.07, 6.45) is 0. The second-order valence-electron chi connectivity index (χ2n) is 3.70. The lowest BCUT2D eigenvalue weighted by molar-refractivity contribution is -0.138. The average Bonchev–Trinajstić information content (AvgIpc) is 2.59. The molecule has 1 aromatic heterocycles. The number of carboxylic acids is 1. The van der Waals surface area contributed by atoms with Crippen LogP contribution in [0.3, 0.4) is 0 Å². The van der Waals surface area contributed by atoms with Gasteiger partial charge in [0, 0.05) is 4.70 Å². The summed E-state index contributed by atoms with van der Waals surface area (Å²) in [5.74, 6) is -1.21. The molecule has 1 unspecified atom stereocenters. The molecular formula is C12H12O2S. The van der Waals surface area contributed by atoms with Crippen molar-refractivity contribution in [2.45, 2.75) is 19.8 Å². The first kappa shape index (κ1) is 10.2. The number of fused-ring (bicyclic) bond motifs is 1. The summed E-state index contributed by atoms with van der Waals surface area (Å²) in [6.45, 7) is 3.78. The molecule has 0 aliphatic rings. The maximum Gasteiger partial charge on any atom is 0.310 e. The van der Waals surface area contributed by atoms with Crippen molar-refractivity contribution in [2.24, 2.45) is 0 Å². The molecule has 78 valence electrons. The van der Waals surface area contributed by atoms with E-state index in [0.717, 1.165) is 10.3 Å². The van der Waals surface area contributed by atoms with Crippen LogP contribution in [0.1, 0.15) is 24.0 Å². The van der Waals surface area contributed by atoms with Crippen LogP contribution < -0.4 is 0 Å². The first-order chi connectivity index (χ1) is 7.11. The summed E-state index contributed by atoms with van der Waals surface area (Å²) in [4.78, 5) is 11.0. The normalized spacial score (nSPS) is 12.9. The van der Waals surface area contributed by atoms with Crippen LogP contribution in [0, 0.1) is 6.92 Å². The van der Waals surface area contributed by atoms with Crippen LogP contribution in [0.2, 0.25) is 0 Å². The van der Waals surface area contributed by atoms with E-state index in [0.29, 0.717) is 0 Å². The smallest absolute Gasteiger partial charge is 0.310 e. The number of carboxylic acid groups (broad SMARTS) is 1. The monoisotopic (exact) mass is 220 g/mol. The van der Waals surface area contributed by atoms with Crippen molar-refractivity contribution in [2.75, 3.05) is 0 Å². The Labute approximate surface area is 92.2 Å². The zero-order chi connectivity index (χ0) is 11.0. The molecule has 1 heterocycles. The highest BCUT2D eigenvalue weighted by Crippen LogP contribution is 2.32. The predicted octanol–water partition coefficient (Wildman–Crippen LogP) is 3.40. The highest BCUT2D eigenvalue weighted by molar-refractivity contribution is 7.17. The first-order valence-electron chi connectivity index (χ1n) is 4.80. The number of hydrogen-bond donors (Lipinski definition) is 1. The van der Waals surface area contributed by atoms with Crippen molar-refractivity contribution in [1.29, 1.82) is 0 Å². The van der Waals surface area contributed by atoms with Crippen LogP contribution in [0.5, 0.6) is 0 Å². The van der Waals surface area contributed by atoms with Crippen LogP contribution >= 0.6 is 11.3 Å². The van der Waals surface area contributed by atoms with Gasteiger partial charge >= 0.3 is 5.97 Å². The second-order valence-corrected chi connectivity index (χ2v) is 4.58. The van der Waals surface area contributed by atoms with Crippen LogP contribution in [0.4, 0.5) is 0 Å². The van der Waals surface area contributed by atoms with Gasteiger partial charge in [0.15, 0.2) is 0 Å². The summed E-state index contributed by atoms with van der Waals surface area (Å²) in [6, 6.07) is 5.87. The highest BCUT2D eigenvalue weighted by atomic mass is 32.1. The van der Waals surface area contributed by atoms with E-state index >= 15 is 0 Å². The standard InChI is InChI=1S/C12H12O2S/c1-7-6-15-11-9(7)4-3-5-10(11)8(2)12(13)14/h3-6,8H,1-2H3,(H,13,14). The van der Waals surface area contributed by atoms with Gasteiger partial charge in [-0.15, -0.1) is 11.3 Å². The van der Waals surface area contributed by atoms with E-state index in [-0.39, 0.29) is 0 Å². The molecule has 0 saturated carbocycles. The minimum absolute atomic E-state index is 0.438. The zero-order valence-electron chi connectivity index (χ0n) is 8.65. The minimum Gasteiger partial charge on any atom is -0.481 e. The molecule has 0 bridgehead atoms. The summed E-state index contributed by atoms with van der Waals surface area (Å²) >= 11 is 1.62. The van der Waals surface area contributed by atoms with E-state index in [1.807, 2.05) is 25.1 Å². The number of aryl methyl sites for hydroxylation is 1. The maximum absolute atomic E-state index is 11.0. The number of aliphatic carboxylic acids is 1. The van der Waals surface area contributed by atoms with Gasteiger partial charge in [0.05, 0.1) is 5.92 Å². The molecule has 2 aromatic rings. The molecule has 3 heteroatoms. The van der Waals surface area contributed by atoms with E-state index in [1.165, 1.54) is 10.9 Å². The Kier molecular flexibility index (Phi) is 2.49. The van der Waals surface area contributed by atoms with Crippen molar-refractivity contribution >= 4 is 27.4 Å². The average molecular weight is 220 g/mol. The summed E-state index contributed by atoms with van der Waals surface area (Å²) < 4.78 is 1.10. The van der Waals surface area contributed by atoms with Crippen molar-refractivity contribution < 1.29 is 9.90 Å². The SMILES string of the molecule is Cc1csc2c(C(C)C(=O)O)cccc12. The van der Waals surface area contributed by atoms with Crippen LogP contribution in [-0.2, 0) is 4.79 Å². The van der Waals surface area contributed by atoms with E-state index in [9.17, 15) is 4.79 Å². The molecule has 0 radical (unpaired) electrons. The van der Waals surface area contributed by atoms with Gasteiger partial charge in [0.1, 0.15) is 0 Å². The van der Waals surface area contributed by atoms with Gasteiger partial charge in [-0.1, -0.05) is 18.2 Å². The third-order valence-electron chi connectivity index (χ3n) is 2.66. The Balaban J connectivity index is 2.66.